The van der Waals surface area contributed by atoms with Crippen molar-refractivity contribution < 1.29 is 4.79 Å². The van der Waals surface area contributed by atoms with Gasteiger partial charge in [-0.1, -0.05) is 50.2 Å². The second kappa shape index (κ2) is 5.30. The summed E-state index contributed by atoms with van der Waals surface area (Å²) in [5.41, 5.74) is 8.10. The predicted molar refractivity (Wildman–Crippen MR) is 87.4 cm³/mol. The number of nitrogens with zero attached hydrogens (tertiary/aromatic N) is 1. The number of hydrogen-bond acceptors (Lipinski definition) is 2. The fraction of sp³-hybridized carbons (Fsp3) is 0.222. The molecule has 22 heavy (non-hydrogen) atoms. The minimum absolute atomic E-state index is 0.106. The largest absolute Gasteiger partial charge is 0.369 e. The van der Waals surface area contributed by atoms with Crippen molar-refractivity contribution in [3.05, 3.63) is 65.9 Å². The van der Waals surface area contributed by atoms with E-state index in [4.69, 9.17) is 5.73 Å². The van der Waals surface area contributed by atoms with Crippen molar-refractivity contribution in [2.75, 3.05) is 0 Å². The zero-order valence-corrected chi connectivity index (χ0v) is 12.7. The van der Waals surface area contributed by atoms with Crippen molar-refractivity contribution in [1.82, 2.24) is 10.2 Å². The maximum absolute atomic E-state index is 12.0. The van der Waals surface area contributed by atoms with Crippen molar-refractivity contribution >= 4 is 16.8 Å². The molecule has 4 heteroatoms. The van der Waals surface area contributed by atoms with Crippen molar-refractivity contribution in [3.63, 3.8) is 0 Å². The molecule has 2 aromatic carbocycles. The molecule has 1 amide bonds. The van der Waals surface area contributed by atoms with E-state index >= 15 is 0 Å². The molecule has 0 bridgehead atoms. The van der Waals surface area contributed by atoms with Crippen LogP contribution in [0.5, 0.6) is 0 Å². The summed E-state index contributed by atoms with van der Waals surface area (Å²) in [6.07, 6.45) is 1.79. The quantitative estimate of drug-likeness (QED) is 0.775. The lowest BCUT2D eigenvalue weighted by atomic mass is 9.70. The highest BCUT2D eigenvalue weighted by Gasteiger charge is 2.37. The molecule has 0 aliphatic rings. The minimum atomic E-state index is -0.696. The second-order valence-corrected chi connectivity index (χ2v) is 6.15. The van der Waals surface area contributed by atoms with E-state index in [9.17, 15) is 4.79 Å². The summed E-state index contributed by atoms with van der Waals surface area (Å²) in [4.78, 5) is 12.0. The van der Waals surface area contributed by atoms with Gasteiger partial charge in [0.1, 0.15) is 0 Å². The summed E-state index contributed by atoms with van der Waals surface area (Å²) in [5, 5.41) is 8.03. The van der Waals surface area contributed by atoms with Gasteiger partial charge in [0, 0.05) is 11.3 Å². The summed E-state index contributed by atoms with van der Waals surface area (Å²) < 4.78 is 0. The molecule has 0 aliphatic heterocycles. The molecular formula is C18H19N3O. The van der Waals surface area contributed by atoms with Crippen LogP contribution in [0.3, 0.4) is 0 Å². The van der Waals surface area contributed by atoms with Crippen LogP contribution in [0, 0.1) is 5.41 Å². The topological polar surface area (TPSA) is 71.8 Å². The molecule has 0 fully saturated rings. The van der Waals surface area contributed by atoms with E-state index < -0.39 is 5.41 Å². The molecule has 0 saturated heterocycles. The van der Waals surface area contributed by atoms with Gasteiger partial charge in [0.05, 0.1) is 17.1 Å². The number of nitrogens with two attached hydrogens (primary N) is 1. The maximum atomic E-state index is 12.0. The Labute approximate surface area is 129 Å². The van der Waals surface area contributed by atoms with Gasteiger partial charge < -0.3 is 5.73 Å². The van der Waals surface area contributed by atoms with E-state index in [1.54, 1.807) is 6.20 Å². The van der Waals surface area contributed by atoms with Crippen LogP contribution in [-0.2, 0) is 4.79 Å². The highest BCUT2D eigenvalue weighted by atomic mass is 16.1. The first-order valence-electron chi connectivity index (χ1n) is 7.28. The number of primary amides is 1. The number of amides is 1. The number of rotatable bonds is 4. The average Bonchev–Trinajstić information content (AvgIpc) is 2.96. The van der Waals surface area contributed by atoms with Gasteiger partial charge in [0.15, 0.2) is 0 Å². The zero-order valence-electron chi connectivity index (χ0n) is 12.7. The van der Waals surface area contributed by atoms with Gasteiger partial charge in [-0.3, -0.25) is 9.89 Å². The third kappa shape index (κ3) is 2.37. The van der Waals surface area contributed by atoms with E-state index in [1.807, 2.05) is 56.3 Å². The van der Waals surface area contributed by atoms with Crippen LogP contribution in [0.1, 0.15) is 30.9 Å². The molecule has 112 valence electrons. The number of carbonyl (C=O) groups excluding carboxylic acids is 1. The molecule has 0 aliphatic carbocycles. The second-order valence-electron chi connectivity index (χ2n) is 6.15. The summed E-state index contributed by atoms with van der Waals surface area (Å²) in [5.74, 6) is -0.417. The van der Waals surface area contributed by atoms with E-state index in [2.05, 4.69) is 16.3 Å². The average molecular weight is 293 g/mol. The number of nitrogens with one attached hydrogen (secondary N) is 1. The zero-order chi connectivity index (χ0) is 15.7. The SMILES string of the molecule is CC(C)(C(N)=O)C(c1ccccc1)c1ccc2[nH]ncc2c1. The van der Waals surface area contributed by atoms with Gasteiger partial charge in [-0.15, -0.1) is 0 Å². The summed E-state index contributed by atoms with van der Waals surface area (Å²) in [7, 11) is 0. The van der Waals surface area contributed by atoms with Crippen LogP contribution >= 0.6 is 0 Å². The highest BCUT2D eigenvalue weighted by Crippen LogP contribution is 2.41. The van der Waals surface area contributed by atoms with Crippen molar-refractivity contribution in [3.8, 4) is 0 Å². The van der Waals surface area contributed by atoms with E-state index in [0.717, 1.165) is 22.0 Å². The molecule has 1 heterocycles. The van der Waals surface area contributed by atoms with Crippen molar-refractivity contribution in [1.29, 1.82) is 0 Å². The fourth-order valence-corrected chi connectivity index (χ4v) is 2.95. The third-order valence-corrected chi connectivity index (χ3v) is 4.29. The normalized spacial score (nSPS) is 13.2. The van der Waals surface area contributed by atoms with Crippen molar-refractivity contribution in [2.45, 2.75) is 19.8 Å². The van der Waals surface area contributed by atoms with Crippen LogP contribution in [0.25, 0.3) is 10.9 Å². The molecule has 4 nitrogen and oxygen atoms in total. The Morgan fingerprint density at radius 1 is 1.14 bits per heavy atom. The fourth-order valence-electron chi connectivity index (χ4n) is 2.95. The van der Waals surface area contributed by atoms with E-state index in [-0.39, 0.29) is 11.8 Å². The molecule has 3 rings (SSSR count). The molecule has 0 radical (unpaired) electrons. The highest BCUT2D eigenvalue weighted by molar-refractivity contribution is 5.83. The number of aromatic nitrogens is 2. The third-order valence-electron chi connectivity index (χ3n) is 4.29. The Bertz CT molecular complexity index is 805. The minimum Gasteiger partial charge on any atom is -0.369 e. The van der Waals surface area contributed by atoms with Crippen LogP contribution in [0.4, 0.5) is 0 Å². The molecule has 0 spiro atoms. The molecule has 1 unspecified atom stereocenters. The van der Waals surface area contributed by atoms with Crippen LogP contribution < -0.4 is 5.73 Å². The van der Waals surface area contributed by atoms with Gasteiger partial charge in [0.25, 0.3) is 0 Å². The molecule has 1 atom stereocenters. The Morgan fingerprint density at radius 2 is 1.86 bits per heavy atom. The van der Waals surface area contributed by atoms with Crippen LogP contribution in [-0.4, -0.2) is 16.1 Å². The lowest BCUT2D eigenvalue weighted by Crippen LogP contribution is -2.37. The van der Waals surface area contributed by atoms with Crippen LogP contribution in [0.15, 0.2) is 54.7 Å². The van der Waals surface area contributed by atoms with Gasteiger partial charge in [-0.05, 0) is 23.3 Å². The number of H-pyrrole nitrogens is 1. The maximum Gasteiger partial charge on any atom is 0.224 e. The molecule has 3 aromatic rings. The Morgan fingerprint density at radius 3 is 2.55 bits per heavy atom. The van der Waals surface area contributed by atoms with Gasteiger partial charge in [0.2, 0.25) is 5.91 Å². The molecule has 3 N–H and O–H groups in total. The number of benzene rings is 2. The monoisotopic (exact) mass is 293 g/mol. The van der Waals surface area contributed by atoms with Crippen LogP contribution in [0.2, 0.25) is 0 Å². The lowest BCUT2D eigenvalue weighted by Gasteiger charge is -2.32. The number of aromatic amines is 1. The smallest absolute Gasteiger partial charge is 0.224 e. The standard InChI is InChI=1S/C18H19N3O/c1-18(2,17(19)22)16(12-6-4-3-5-7-12)13-8-9-15-14(10-13)11-20-21-15/h3-11,16H,1-2H3,(H2,19,22)(H,20,21). The molecule has 1 aromatic heterocycles. The molecule has 0 saturated carbocycles. The van der Waals surface area contributed by atoms with Gasteiger partial charge in [-0.2, -0.15) is 5.10 Å². The first kappa shape index (κ1) is 14.3. The Kier molecular flexibility index (Phi) is 3.45. The van der Waals surface area contributed by atoms with E-state index in [1.165, 1.54) is 0 Å². The Balaban J connectivity index is 2.18. The first-order valence-corrected chi connectivity index (χ1v) is 7.28. The molecular weight excluding hydrogens is 274 g/mol. The summed E-state index contributed by atoms with van der Waals surface area (Å²) >= 11 is 0. The van der Waals surface area contributed by atoms with E-state index in [0.29, 0.717) is 0 Å². The number of carbonyl (C=O) groups is 1. The first-order chi connectivity index (χ1) is 10.5. The summed E-state index contributed by atoms with van der Waals surface area (Å²) in [6.45, 7) is 3.79. The Hall–Kier alpha value is -2.62. The number of fused-ring (bicyclic) bond motifs is 1. The summed E-state index contributed by atoms with van der Waals surface area (Å²) in [6, 6.07) is 16.1. The van der Waals surface area contributed by atoms with Gasteiger partial charge >= 0.3 is 0 Å². The predicted octanol–water partition coefficient (Wildman–Crippen LogP) is 3.21. The van der Waals surface area contributed by atoms with Crippen molar-refractivity contribution in [2.24, 2.45) is 11.1 Å². The lowest BCUT2D eigenvalue weighted by molar-refractivity contribution is -0.126. The van der Waals surface area contributed by atoms with Gasteiger partial charge in [-0.25, -0.2) is 0 Å². The number of hydrogen-bond donors (Lipinski definition) is 2.